The van der Waals surface area contributed by atoms with Gasteiger partial charge in [-0.15, -0.1) is 0 Å². The highest BCUT2D eigenvalue weighted by Gasteiger charge is 2.24. The maximum absolute atomic E-state index is 13.2. The van der Waals surface area contributed by atoms with Crippen molar-refractivity contribution in [2.24, 2.45) is 0 Å². The molecule has 1 saturated carbocycles. The number of nitrogens with zero attached hydrogens (tertiary/aromatic N) is 1. The molecule has 0 radical (unpaired) electrons. The van der Waals surface area contributed by atoms with Gasteiger partial charge in [0, 0.05) is 24.7 Å². The molecule has 0 saturated heterocycles. The van der Waals surface area contributed by atoms with E-state index in [2.05, 4.69) is 5.32 Å². The van der Waals surface area contributed by atoms with Crippen LogP contribution in [0.4, 0.5) is 10.1 Å². The van der Waals surface area contributed by atoms with Gasteiger partial charge in [0.25, 0.3) is 0 Å². The van der Waals surface area contributed by atoms with Gasteiger partial charge >= 0.3 is 0 Å². The van der Waals surface area contributed by atoms with Gasteiger partial charge in [-0.05, 0) is 56.0 Å². The summed E-state index contributed by atoms with van der Waals surface area (Å²) in [5.41, 5.74) is 1.85. The predicted octanol–water partition coefficient (Wildman–Crippen LogP) is 2.25. The fraction of sp³-hybridized carbons (Fsp3) is 0.533. The van der Waals surface area contributed by atoms with E-state index in [-0.39, 0.29) is 11.7 Å². The second-order valence-electron chi connectivity index (χ2n) is 5.40. The number of fused-ring (bicyclic) bond motifs is 1. The van der Waals surface area contributed by atoms with Gasteiger partial charge in [0.15, 0.2) is 0 Å². The maximum atomic E-state index is 13.2. The molecule has 0 spiro atoms. The molecule has 1 aliphatic heterocycles. The minimum Gasteiger partial charge on any atom is -0.314 e. The Hall–Kier alpha value is -1.42. The number of hydrogen-bond donors (Lipinski definition) is 1. The number of carbonyl (C=O) groups excluding carboxylic acids is 1. The van der Waals surface area contributed by atoms with Gasteiger partial charge in [-0.1, -0.05) is 0 Å². The van der Waals surface area contributed by atoms with Crippen molar-refractivity contribution in [1.82, 2.24) is 5.32 Å². The number of rotatable bonds is 5. The summed E-state index contributed by atoms with van der Waals surface area (Å²) in [4.78, 5) is 13.8. The molecule has 1 heterocycles. The highest BCUT2D eigenvalue weighted by atomic mass is 19.1. The average molecular weight is 262 g/mol. The number of anilines is 1. The first-order valence-corrected chi connectivity index (χ1v) is 7.06. The largest absolute Gasteiger partial charge is 0.314 e. The number of aryl methyl sites for hydroxylation is 1. The summed E-state index contributed by atoms with van der Waals surface area (Å²) in [6.07, 6.45) is 4.66. The Bertz CT molecular complexity index is 485. The third kappa shape index (κ3) is 2.95. The molecule has 1 fully saturated rings. The van der Waals surface area contributed by atoms with Crippen LogP contribution >= 0.6 is 0 Å². The lowest BCUT2D eigenvalue weighted by atomic mass is 10.0. The van der Waals surface area contributed by atoms with E-state index in [1.807, 2.05) is 4.90 Å². The quantitative estimate of drug-likeness (QED) is 0.825. The van der Waals surface area contributed by atoms with Crippen molar-refractivity contribution in [1.29, 1.82) is 0 Å². The van der Waals surface area contributed by atoms with Gasteiger partial charge < -0.3 is 10.2 Å². The van der Waals surface area contributed by atoms with Gasteiger partial charge in [0.1, 0.15) is 5.82 Å². The molecule has 3 nitrogen and oxygen atoms in total. The summed E-state index contributed by atoms with van der Waals surface area (Å²) in [6.45, 7) is 1.67. The molecule has 0 aromatic heterocycles. The van der Waals surface area contributed by atoms with E-state index in [9.17, 15) is 9.18 Å². The molecule has 0 bridgehead atoms. The number of halogens is 1. The zero-order chi connectivity index (χ0) is 13.2. The van der Waals surface area contributed by atoms with Crippen molar-refractivity contribution >= 4 is 11.6 Å². The van der Waals surface area contributed by atoms with Crippen LogP contribution in [0.25, 0.3) is 0 Å². The van der Waals surface area contributed by atoms with Crippen molar-refractivity contribution in [3.8, 4) is 0 Å². The zero-order valence-corrected chi connectivity index (χ0v) is 11.0. The fourth-order valence-corrected chi connectivity index (χ4v) is 2.60. The van der Waals surface area contributed by atoms with Gasteiger partial charge in [-0.2, -0.15) is 0 Å². The van der Waals surface area contributed by atoms with Crippen LogP contribution in [0.2, 0.25) is 0 Å². The van der Waals surface area contributed by atoms with Crippen molar-refractivity contribution in [2.45, 2.75) is 38.1 Å². The van der Waals surface area contributed by atoms with Crippen molar-refractivity contribution in [3.05, 3.63) is 29.6 Å². The van der Waals surface area contributed by atoms with Crippen molar-refractivity contribution in [2.75, 3.05) is 18.0 Å². The summed E-state index contributed by atoms with van der Waals surface area (Å²) in [7, 11) is 0. The van der Waals surface area contributed by atoms with Gasteiger partial charge in [0.2, 0.25) is 5.91 Å². The second-order valence-corrected chi connectivity index (χ2v) is 5.40. The molecule has 0 atom stereocenters. The summed E-state index contributed by atoms with van der Waals surface area (Å²) < 4.78 is 13.2. The number of benzene rings is 1. The third-order valence-corrected chi connectivity index (χ3v) is 3.81. The Kier molecular flexibility index (Phi) is 3.51. The van der Waals surface area contributed by atoms with Crippen LogP contribution in [-0.4, -0.2) is 25.0 Å². The first kappa shape index (κ1) is 12.6. The minimum atomic E-state index is -0.219. The van der Waals surface area contributed by atoms with Gasteiger partial charge in [-0.25, -0.2) is 4.39 Å². The molecule has 1 amide bonds. The summed E-state index contributed by atoms with van der Waals surface area (Å²) in [6, 6.07) is 5.43. The van der Waals surface area contributed by atoms with Gasteiger partial charge in [-0.3, -0.25) is 4.79 Å². The van der Waals surface area contributed by atoms with E-state index in [0.717, 1.165) is 30.8 Å². The molecule has 0 unspecified atom stereocenters. The standard InChI is InChI=1S/C15H19FN2O/c16-12-3-6-14-11(10-12)2-7-15(19)18(14)9-1-8-17-13-4-5-13/h3,6,10,13,17H,1-2,4-5,7-9H2. The average Bonchev–Trinajstić information content (AvgIpc) is 3.21. The van der Waals surface area contributed by atoms with E-state index < -0.39 is 0 Å². The predicted molar refractivity (Wildman–Crippen MR) is 72.7 cm³/mol. The van der Waals surface area contributed by atoms with Crippen molar-refractivity contribution < 1.29 is 9.18 Å². The molecular weight excluding hydrogens is 243 g/mol. The van der Waals surface area contributed by atoms with Crippen LogP contribution in [0.15, 0.2) is 18.2 Å². The number of amides is 1. The Morgan fingerprint density at radius 3 is 2.95 bits per heavy atom. The molecule has 102 valence electrons. The molecule has 4 heteroatoms. The monoisotopic (exact) mass is 262 g/mol. The highest BCUT2D eigenvalue weighted by Crippen LogP contribution is 2.28. The number of nitrogens with one attached hydrogen (secondary N) is 1. The summed E-state index contributed by atoms with van der Waals surface area (Å²) in [5.74, 6) is -0.0611. The number of hydrogen-bond acceptors (Lipinski definition) is 2. The van der Waals surface area contributed by atoms with Crippen LogP contribution < -0.4 is 10.2 Å². The van der Waals surface area contributed by atoms with Crippen LogP contribution in [0, 0.1) is 5.82 Å². The van der Waals surface area contributed by atoms with Crippen LogP contribution in [0.5, 0.6) is 0 Å². The number of carbonyl (C=O) groups is 1. The van der Waals surface area contributed by atoms with E-state index in [1.165, 1.54) is 18.9 Å². The smallest absolute Gasteiger partial charge is 0.227 e. The molecule has 3 rings (SSSR count). The van der Waals surface area contributed by atoms with Crippen LogP contribution in [0.3, 0.4) is 0 Å². The van der Waals surface area contributed by atoms with Crippen LogP contribution in [-0.2, 0) is 11.2 Å². The van der Waals surface area contributed by atoms with E-state index in [4.69, 9.17) is 0 Å². The molecular formula is C15H19FN2O. The SMILES string of the molecule is O=C1CCc2cc(F)ccc2N1CCCNC1CC1. The van der Waals surface area contributed by atoms with Gasteiger partial charge in [0.05, 0.1) is 0 Å². The second kappa shape index (κ2) is 5.29. The summed E-state index contributed by atoms with van der Waals surface area (Å²) >= 11 is 0. The third-order valence-electron chi connectivity index (χ3n) is 3.81. The first-order valence-electron chi connectivity index (χ1n) is 7.06. The molecule has 19 heavy (non-hydrogen) atoms. The minimum absolute atomic E-state index is 0.158. The van der Waals surface area contributed by atoms with Crippen LogP contribution in [0.1, 0.15) is 31.2 Å². The Balaban J connectivity index is 1.64. The Morgan fingerprint density at radius 1 is 1.32 bits per heavy atom. The maximum Gasteiger partial charge on any atom is 0.227 e. The lowest BCUT2D eigenvalue weighted by Crippen LogP contribution is -2.37. The molecule has 2 aliphatic rings. The molecule has 1 N–H and O–H groups in total. The topological polar surface area (TPSA) is 32.3 Å². The van der Waals surface area contributed by atoms with E-state index in [1.54, 1.807) is 12.1 Å². The van der Waals surface area contributed by atoms with Crippen molar-refractivity contribution in [3.63, 3.8) is 0 Å². The Morgan fingerprint density at radius 2 is 2.16 bits per heavy atom. The molecule has 1 aliphatic carbocycles. The fourth-order valence-electron chi connectivity index (χ4n) is 2.60. The normalized spacial score (nSPS) is 18.6. The lowest BCUT2D eigenvalue weighted by Gasteiger charge is -2.29. The summed E-state index contributed by atoms with van der Waals surface area (Å²) in [5, 5.41) is 3.45. The Labute approximate surface area is 112 Å². The first-order chi connectivity index (χ1) is 9.24. The highest BCUT2D eigenvalue weighted by molar-refractivity contribution is 5.96. The molecule has 1 aromatic carbocycles. The molecule has 1 aromatic rings. The zero-order valence-electron chi connectivity index (χ0n) is 11.0. The van der Waals surface area contributed by atoms with E-state index in [0.29, 0.717) is 18.9 Å². The lowest BCUT2D eigenvalue weighted by molar-refractivity contribution is -0.118. The van der Waals surface area contributed by atoms with E-state index >= 15 is 0 Å².